The number of nitrogens with two attached hydrogens (primary N) is 1. The highest BCUT2D eigenvalue weighted by Crippen LogP contribution is 2.24. The van der Waals surface area contributed by atoms with Gasteiger partial charge in [-0.1, -0.05) is 6.07 Å². The van der Waals surface area contributed by atoms with Gasteiger partial charge in [-0.25, -0.2) is 9.98 Å². The number of hydrogen-bond donors (Lipinski definition) is 3. The molecule has 4 N–H and O–H groups in total. The van der Waals surface area contributed by atoms with Gasteiger partial charge in [0.1, 0.15) is 18.2 Å². The predicted octanol–water partition coefficient (Wildman–Crippen LogP) is 2.04. The fourth-order valence-electron chi connectivity index (χ4n) is 3.67. The maximum Gasteiger partial charge on any atom is 0.220 e. The molecule has 1 aliphatic heterocycles. The van der Waals surface area contributed by atoms with Crippen LogP contribution in [-0.2, 0) is 22.7 Å². The van der Waals surface area contributed by atoms with Gasteiger partial charge >= 0.3 is 0 Å². The first-order valence-electron chi connectivity index (χ1n) is 11.3. The van der Waals surface area contributed by atoms with Crippen molar-refractivity contribution >= 4 is 17.7 Å². The van der Waals surface area contributed by atoms with Crippen molar-refractivity contribution in [3.63, 3.8) is 0 Å². The van der Waals surface area contributed by atoms with E-state index in [0.717, 1.165) is 68.5 Å². The maximum absolute atomic E-state index is 11.4. The van der Waals surface area contributed by atoms with Gasteiger partial charge in [-0.05, 0) is 44.4 Å². The number of primary amides is 1. The summed E-state index contributed by atoms with van der Waals surface area (Å²) in [5.41, 5.74) is 6.52. The maximum atomic E-state index is 11.4. The Morgan fingerprint density at radius 2 is 2.16 bits per heavy atom. The Kier molecular flexibility index (Phi) is 9.37. The number of rotatable bonds is 11. The number of furan rings is 1. The fraction of sp³-hybridized carbons (Fsp3) is 0.522. The molecule has 1 saturated heterocycles. The lowest BCUT2D eigenvalue weighted by Gasteiger charge is -2.32. The number of nitrogens with one attached hydrogen (secondary N) is 2. The zero-order valence-electron chi connectivity index (χ0n) is 18.8. The molecular formula is C23H34N6O3. The van der Waals surface area contributed by atoms with Crippen molar-refractivity contribution in [1.29, 1.82) is 0 Å². The summed E-state index contributed by atoms with van der Waals surface area (Å²) in [6.45, 7) is 6.77. The smallest absolute Gasteiger partial charge is 0.220 e. The first-order chi connectivity index (χ1) is 15.7. The third-order valence-corrected chi connectivity index (χ3v) is 5.40. The van der Waals surface area contributed by atoms with E-state index in [4.69, 9.17) is 19.9 Å². The summed E-state index contributed by atoms with van der Waals surface area (Å²) in [4.78, 5) is 23.0. The molecule has 3 rings (SSSR count). The van der Waals surface area contributed by atoms with Crippen LogP contribution in [0.3, 0.4) is 0 Å². The van der Waals surface area contributed by atoms with Crippen LogP contribution in [0.25, 0.3) is 0 Å². The van der Waals surface area contributed by atoms with Gasteiger partial charge in [0, 0.05) is 50.5 Å². The summed E-state index contributed by atoms with van der Waals surface area (Å²) >= 11 is 0. The van der Waals surface area contributed by atoms with Crippen molar-refractivity contribution in [3.8, 4) is 0 Å². The van der Waals surface area contributed by atoms with E-state index >= 15 is 0 Å². The number of anilines is 1. The van der Waals surface area contributed by atoms with Crippen molar-refractivity contribution in [3.05, 3.63) is 48.0 Å². The van der Waals surface area contributed by atoms with Gasteiger partial charge in [-0.15, -0.1) is 0 Å². The van der Waals surface area contributed by atoms with Gasteiger partial charge in [0.2, 0.25) is 5.91 Å². The van der Waals surface area contributed by atoms with Crippen molar-refractivity contribution in [2.24, 2.45) is 16.6 Å². The van der Waals surface area contributed by atoms with E-state index in [9.17, 15) is 4.79 Å². The van der Waals surface area contributed by atoms with Gasteiger partial charge in [0.15, 0.2) is 5.96 Å². The molecule has 9 heteroatoms. The second-order valence-corrected chi connectivity index (χ2v) is 7.76. The number of aliphatic imine (C=N–C) groups is 1. The summed E-state index contributed by atoms with van der Waals surface area (Å²) in [5, 5.41) is 6.63. The summed E-state index contributed by atoms with van der Waals surface area (Å²) in [6.07, 6.45) is 5.84. The zero-order chi connectivity index (χ0) is 22.6. The number of guanidine groups is 1. The molecule has 174 valence electrons. The third-order valence-electron chi connectivity index (χ3n) is 5.40. The fourth-order valence-corrected chi connectivity index (χ4v) is 3.67. The molecule has 0 unspecified atom stereocenters. The van der Waals surface area contributed by atoms with E-state index in [1.165, 1.54) is 0 Å². The number of pyridine rings is 1. The lowest BCUT2D eigenvalue weighted by Crippen LogP contribution is -2.39. The number of carbonyl (C=O) groups is 1. The molecule has 2 aromatic heterocycles. The Morgan fingerprint density at radius 3 is 2.88 bits per heavy atom. The molecular weight excluding hydrogens is 408 g/mol. The number of amides is 1. The highest BCUT2D eigenvalue weighted by Gasteiger charge is 2.24. The third kappa shape index (κ3) is 7.26. The van der Waals surface area contributed by atoms with E-state index in [1.54, 1.807) is 12.5 Å². The molecule has 32 heavy (non-hydrogen) atoms. The molecule has 0 atom stereocenters. The van der Waals surface area contributed by atoms with E-state index in [-0.39, 0.29) is 11.8 Å². The van der Waals surface area contributed by atoms with E-state index in [0.29, 0.717) is 19.8 Å². The van der Waals surface area contributed by atoms with Crippen molar-refractivity contribution in [2.75, 3.05) is 37.7 Å². The highest BCUT2D eigenvalue weighted by molar-refractivity contribution is 5.79. The molecule has 0 spiro atoms. The summed E-state index contributed by atoms with van der Waals surface area (Å²) < 4.78 is 10.9. The summed E-state index contributed by atoms with van der Waals surface area (Å²) in [7, 11) is 0. The molecule has 9 nitrogen and oxygen atoms in total. The van der Waals surface area contributed by atoms with Crippen LogP contribution in [0.2, 0.25) is 0 Å². The minimum Gasteiger partial charge on any atom is -0.467 e. The van der Waals surface area contributed by atoms with Crippen LogP contribution in [0.1, 0.15) is 37.5 Å². The second kappa shape index (κ2) is 12.7. The van der Waals surface area contributed by atoms with Crippen LogP contribution in [0.4, 0.5) is 5.82 Å². The molecule has 0 aliphatic carbocycles. The number of carbonyl (C=O) groups excluding carboxylic acids is 1. The van der Waals surface area contributed by atoms with E-state index in [2.05, 4.69) is 26.6 Å². The van der Waals surface area contributed by atoms with Crippen molar-refractivity contribution < 1.29 is 13.9 Å². The lowest BCUT2D eigenvalue weighted by atomic mass is 9.96. The largest absolute Gasteiger partial charge is 0.467 e. The van der Waals surface area contributed by atoms with Gasteiger partial charge in [-0.2, -0.15) is 0 Å². The van der Waals surface area contributed by atoms with Crippen LogP contribution in [0.15, 0.2) is 46.1 Å². The molecule has 1 aliphatic rings. The number of aromatic nitrogens is 1. The predicted molar refractivity (Wildman–Crippen MR) is 124 cm³/mol. The van der Waals surface area contributed by atoms with E-state index < -0.39 is 0 Å². The van der Waals surface area contributed by atoms with Gasteiger partial charge in [-0.3, -0.25) is 4.79 Å². The molecule has 0 radical (unpaired) electrons. The number of ether oxygens (including phenoxy) is 1. The van der Waals surface area contributed by atoms with Gasteiger partial charge in [0.05, 0.1) is 12.8 Å². The van der Waals surface area contributed by atoms with E-state index in [1.807, 2.05) is 25.1 Å². The molecule has 0 aromatic carbocycles. The average molecular weight is 443 g/mol. The molecule has 1 amide bonds. The molecule has 1 fully saturated rings. The minimum absolute atomic E-state index is 0.0379. The molecule has 0 bridgehead atoms. The number of piperidine rings is 1. The molecule has 0 saturated carbocycles. The molecule has 2 aromatic rings. The first-order valence-corrected chi connectivity index (χ1v) is 11.3. The Bertz CT molecular complexity index is 847. The number of nitrogens with zero attached hydrogens (tertiary/aromatic N) is 3. The van der Waals surface area contributed by atoms with Gasteiger partial charge < -0.3 is 30.4 Å². The SMILES string of the molecule is CCNC(=NCc1cccnc1N1CCC(C(N)=O)CC1)NCCCOCc1ccco1. The summed E-state index contributed by atoms with van der Waals surface area (Å²) in [5.74, 6) is 2.29. The quantitative estimate of drug-likeness (QED) is 0.277. The first kappa shape index (κ1) is 23.6. The lowest BCUT2D eigenvalue weighted by molar-refractivity contribution is -0.122. The second-order valence-electron chi connectivity index (χ2n) is 7.76. The normalized spacial score (nSPS) is 15.0. The minimum atomic E-state index is -0.205. The van der Waals surface area contributed by atoms with Crippen molar-refractivity contribution in [2.45, 2.75) is 39.3 Å². The molecule has 3 heterocycles. The van der Waals surface area contributed by atoms with Crippen LogP contribution in [0, 0.1) is 5.92 Å². The van der Waals surface area contributed by atoms with Crippen LogP contribution >= 0.6 is 0 Å². The standard InChI is InChI=1S/C23H34N6O3/c1-2-25-23(27-11-5-14-31-17-20-7-4-15-32-20)28-16-19-6-3-10-26-22(19)29-12-8-18(9-13-29)21(24)30/h3-4,6-7,10,15,18H,2,5,8-9,11-14,16-17H2,1H3,(H2,24,30)(H2,25,27,28). The monoisotopic (exact) mass is 442 g/mol. The van der Waals surface area contributed by atoms with Crippen LogP contribution < -0.4 is 21.3 Å². The average Bonchev–Trinajstić information content (AvgIpc) is 3.33. The Labute approximate surface area is 189 Å². The summed E-state index contributed by atoms with van der Waals surface area (Å²) in [6, 6.07) is 7.75. The van der Waals surface area contributed by atoms with Crippen LogP contribution in [-0.4, -0.2) is 49.6 Å². The highest BCUT2D eigenvalue weighted by atomic mass is 16.5. The number of hydrogen-bond acceptors (Lipinski definition) is 6. The topological polar surface area (TPSA) is 118 Å². The van der Waals surface area contributed by atoms with Crippen LogP contribution in [0.5, 0.6) is 0 Å². The Balaban J connectivity index is 1.48. The van der Waals surface area contributed by atoms with Crippen molar-refractivity contribution in [1.82, 2.24) is 15.6 Å². The Hall–Kier alpha value is -3.07. The Morgan fingerprint density at radius 1 is 1.31 bits per heavy atom. The van der Waals surface area contributed by atoms with Gasteiger partial charge in [0.25, 0.3) is 0 Å². The zero-order valence-corrected chi connectivity index (χ0v) is 18.8.